The molecule has 0 saturated carbocycles. The third kappa shape index (κ3) is 1.65. The summed E-state index contributed by atoms with van der Waals surface area (Å²) in [7, 11) is 1.80. The van der Waals surface area contributed by atoms with Crippen LogP contribution in [-0.4, -0.2) is 28.0 Å². The SMILES string of the molecule is Cn1ncc(Cl)c1C(O)[C@H]1CCNC1. The average molecular weight is 216 g/mol. The summed E-state index contributed by atoms with van der Waals surface area (Å²) in [5.74, 6) is 0.253. The summed E-state index contributed by atoms with van der Waals surface area (Å²) >= 11 is 5.95. The van der Waals surface area contributed by atoms with Crippen LogP contribution in [0.15, 0.2) is 6.20 Å². The van der Waals surface area contributed by atoms with Crippen molar-refractivity contribution < 1.29 is 5.11 Å². The van der Waals surface area contributed by atoms with Crippen LogP contribution in [0, 0.1) is 5.92 Å². The van der Waals surface area contributed by atoms with E-state index in [2.05, 4.69) is 10.4 Å². The number of aliphatic hydroxyl groups excluding tert-OH is 1. The Morgan fingerprint density at radius 3 is 3.07 bits per heavy atom. The molecule has 0 bridgehead atoms. The highest BCUT2D eigenvalue weighted by Gasteiger charge is 2.28. The van der Waals surface area contributed by atoms with Gasteiger partial charge in [-0.05, 0) is 13.0 Å². The first-order valence-corrected chi connectivity index (χ1v) is 5.14. The Balaban J connectivity index is 2.21. The minimum Gasteiger partial charge on any atom is -0.386 e. The Morgan fingerprint density at radius 1 is 1.79 bits per heavy atom. The van der Waals surface area contributed by atoms with E-state index in [1.807, 2.05) is 0 Å². The first-order chi connectivity index (χ1) is 6.70. The van der Waals surface area contributed by atoms with E-state index >= 15 is 0 Å². The van der Waals surface area contributed by atoms with Crippen molar-refractivity contribution in [2.45, 2.75) is 12.5 Å². The second-order valence-corrected chi connectivity index (χ2v) is 4.11. The highest BCUT2D eigenvalue weighted by Crippen LogP contribution is 2.30. The normalized spacial score (nSPS) is 24.1. The van der Waals surface area contributed by atoms with Crippen LogP contribution in [0.1, 0.15) is 18.2 Å². The van der Waals surface area contributed by atoms with Crippen molar-refractivity contribution in [3.63, 3.8) is 0 Å². The van der Waals surface area contributed by atoms with Gasteiger partial charge in [0.15, 0.2) is 0 Å². The molecule has 2 atom stereocenters. The van der Waals surface area contributed by atoms with E-state index in [1.54, 1.807) is 17.9 Å². The van der Waals surface area contributed by atoms with Gasteiger partial charge in [0.2, 0.25) is 0 Å². The molecule has 0 aliphatic carbocycles. The summed E-state index contributed by atoms with van der Waals surface area (Å²) in [6.45, 7) is 1.82. The predicted octanol–water partition coefficient (Wildman–Crippen LogP) is 0.716. The molecule has 1 aliphatic rings. The Labute approximate surface area is 87.9 Å². The van der Waals surface area contributed by atoms with Crippen molar-refractivity contribution in [2.75, 3.05) is 13.1 Å². The van der Waals surface area contributed by atoms with Crippen LogP contribution >= 0.6 is 11.6 Å². The second kappa shape index (κ2) is 3.88. The zero-order valence-corrected chi connectivity index (χ0v) is 8.83. The minimum absolute atomic E-state index is 0.253. The molecule has 4 nitrogen and oxygen atoms in total. The summed E-state index contributed by atoms with van der Waals surface area (Å²) in [5, 5.41) is 17.9. The maximum atomic E-state index is 10.1. The van der Waals surface area contributed by atoms with E-state index in [0.717, 1.165) is 25.2 Å². The highest BCUT2D eigenvalue weighted by atomic mass is 35.5. The van der Waals surface area contributed by atoms with Crippen molar-refractivity contribution in [3.05, 3.63) is 16.9 Å². The molecular weight excluding hydrogens is 202 g/mol. The fraction of sp³-hybridized carbons (Fsp3) is 0.667. The molecule has 2 rings (SSSR count). The molecule has 78 valence electrons. The van der Waals surface area contributed by atoms with E-state index in [4.69, 9.17) is 11.6 Å². The molecule has 1 aliphatic heterocycles. The molecule has 1 unspecified atom stereocenters. The van der Waals surface area contributed by atoms with Crippen molar-refractivity contribution in [3.8, 4) is 0 Å². The third-order valence-electron chi connectivity index (χ3n) is 2.76. The topological polar surface area (TPSA) is 50.1 Å². The molecule has 2 N–H and O–H groups in total. The molecule has 0 radical (unpaired) electrons. The van der Waals surface area contributed by atoms with E-state index in [1.165, 1.54) is 0 Å². The van der Waals surface area contributed by atoms with Crippen LogP contribution in [0.5, 0.6) is 0 Å². The number of aromatic nitrogens is 2. The largest absolute Gasteiger partial charge is 0.386 e. The number of rotatable bonds is 2. The first kappa shape index (κ1) is 9.96. The Kier molecular flexibility index (Phi) is 2.76. The van der Waals surface area contributed by atoms with Gasteiger partial charge >= 0.3 is 0 Å². The number of halogens is 1. The molecule has 1 aromatic rings. The van der Waals surface area contributed by atoms with Gasteiger partial charge in [-0.15, -0.1) is 0 Å². The van der Waals surface area contributed by atoms with E-state index in [9.17, 15) is 5.11 Å². The maximum Gasteiger partial charge on any atom is 0.101 e. The molecule has 1 aromatic heterocycles. The van der Waals surface area contributed by atoms with Crippen LogP contribution in [0.3, 0.4) is 0 Å². The van der Waals surface area contributed by atoms with Gasteiger partial charge in [0, 0.05) is 19.5 Å². The molecule has 1 saturated heterocycles. The smallest absolute Gasteiger partial charge is 0.101 e. The molecule has 5 heteroatoms. The summed E-state index contributed by atoms with van der Waals surface area (Å²) < 4.78 is 1.64. The van der Waals surface area contributed by atoms with Crippen LogP contribution in [0.25, 0.3) is 0 Å². The Morgan fingerprint density at radius 2 is 2.57 bits per heavy atom. The fourth-order valence-corrected chi connectivity index (χ4v) is 2.20. The van der Waals surface area contributed by atoms with Gasteiger partial charge in [-0.1, -0.05) is 11.6 Å². The maximum absolute atomic E-state index is 10.1. The Hall–Kier alpha value is -0.580. The lowest BCUT2D eigenvalue weighted by Crippen LogP contribution is -2.18. The summed E-state index contributed by atoms with van der Waals surface area (Å²) in [5.41, 5.74) is 0.723. The van der Waals surface area contributed by atoms with Crippen molar-refractivity contribution in [1.29, 1.82) is 0 Å². The van der Waals surface area contributed by atoms with Gasteiger partial charge in [0.05, 0.1) is 16.9 Å². The molecule has 0 spiro atoms. The van der Waals surface area contributed by atoms with Crippen molar-refractivity contribution in [1.82, 2.24) is 15.1 Å². The van der Waals surface area contributed by atoms with Gasteiger partial charge in [-0.3, -0.25) is 4.68 Å². The van der Waals surface area contributed by atoms with Gasteiger partial charge in [-0.25, -0.2) is 0 Å². The zero-order chi connectivity index (χ0) is 10.1. The average Bonchev–Trinajstić information content (AvgIpc) is 2.75. The molecule has 0 amide bonds. The zero-order valence-electron chi connectivity index (χ0n) is 8.07. The predicted molar refractivity (Wildman–Crippen MR) is 54.2 cm³/mol. The molecule has 1 fully saturated rings. The number of nitrogens with zero attached hydrogens (tertiary/aromatic N) is 2. The lowest BCUT2D eigenvalue weighted by atomic mass is 9.99. The van der Waals surface area contributed by atoms with Gasteiger partial charge in [-0.2, -0.15) is 5.10 Å². The van der Waals surface area contributed by atoms with E-state index < -0.39 is 6.10 Å². The summed E-state index contributed by atoms with van der Waals surface area (Å²) in [4.78, 5) is 0. The second-order valence-electron chi connectivity index (χ2n) is 3.70. The number of aliphatic hydroxyl groups is 1. The van der Waals surface area contributed by atoms with Gasteiger partial charge in [0.1, 0.15) is 6.10 Å². The summed E-state index contributed by atoms with van der Waals surface area (Å²) in [6.07, 6.45) is 2.05. The van der Waals surface area contributed by atoms with Crippen molar-refractivity contribution >= 4 is 11.6 Å². The van der Waals surface area contributed by atoms with Crippen LogP contribution in [-0.2, 0) is 7.05 Å². The lowest BCUT2D eigenvalue weighted by molar-refractivity contribution is 0.110. The van der Waals surface area contributed by atoms with Crippen LogP contribution in [0.2, 0.25) is 5.02 Å². The molecular formula is C9H14ClN3O. The molecule has 14 heavy (non-hydrogen) atoms. The van der Waals surface area contributed by atoms with E-state index in [0.29, 0.717) is 5.02 Å². The van der Waals surface area contributed by atoms with E-state index in [-0.39, 0.29) is 5.92 Å². The lowest BCUT2D eigenvalue weighted by Gasteiger charge is -2.17. The number of nitrogens with one attached hydrogen (secondary N) is 1. The van der Waals surface area contributed by atoms with Gasteiger partial charge in [0.25, 0.3) is 0 Å². The quantitative estimate of drug-likeness (QED) is 0.765. The molecule has 2 heterocycles. The molecule has 0 aromatic carbocycles. The number of hydrogen-bond donors (Lipinski definition) is 2. The van der Waals surface area contributed by atoms with Crippen LogP contribution in [0.4, 0.5) is 0 Å². The van der Waals surface area contributed by atoms with Crippen LogP contribution < -0.4 is 5.32 Å². The monoisotopic (exact) mass is 215 g/mol. The number of hydrogen-bond acceptors (Lipinski definition) is 3. The third-order valence-corrected chi connectivity index (χ3v) is 3.05. The fourth-order valence-electron chi connectivity index (χ4n) is 1.92. The van der Waals surface area contributed by atoms with Gasteiger partial charge < -0.3 is 10.4 Å². The Bertz CT molecular complexity index is 300. The number of aryl methyl sites for hydroxylation is 1. The highest BCUT2D eigenvalue weighted by molar-refractivity contribution is 6.31. The van der Waals surface area contributed by atoms with Crippen molar-refractivity contribution in [2.24, 2.45) is 13.0 Å². The summed E-state index contributed by atoms with van der Waals surface area (Å²) in [6, 6.07) is 0. The first-order valence-electron chi connectivity index (χ1n) is 4.76. The minimum atomic E-state index is -0.509. The standard InChI is InChI=1S/C9H14ClN3O/c1-13-8(7(10)5-12-13)9(14)6-2-3-11-4-6/h5-6,9,11,14H,2-4H2,1H3/t6-,9?/m0/s1.